The number of sulfonamides is 1. The minimum Gasteiger partial charge on any atom is -0.444 e. The minimum absolute atomic E-state index is 0.172. The number of ether oxygens (including phenoxy) is 1. The number of amides is 1. The third-order valence-corrected chi connectivity index (χ3v) is 3.79. The van der Waals surface area contributed by atoms with Gasteiger partial charge in [0.25, 0.3) is 0 Å². The molecule has 0 aliphatic heterocycles. The van der Waals surface area contributed by atoms with Crippen LogP contribution in [-0.2, 0) is 27.2 Å². The lowest BCUT2D eigenvalue weighted by molar-refractivity contribution is 0.0263. The van der Waals surface area contributed by atoms with Crippen molar-refractivity contribution in [1.29, 1.82) is 5.41 Å². The standard InChI is InChI=1S/C16H24ClN3O4S/c1-16(2,3)24-15(21)20(11-14(18)19-25(4,22)23)10-13-7-5-12(9-17)6-8-13/h5-8H,9-11H2,1-4H3,(H2,18,19). The highest BCUT2D eigenvalue weighted by Crippen LogP contribution is 2.14. The lowest BCUT2D eigenvalue weighted by Crippen LogP contribution is -2.43. The van der Waals surface area contributed by atoms with Crippen molar-refractivity contribution >= 4 is 33.6 Å². The summed E-state index contributed by atoms with van der Waals surface area (Å²) in [5.74, 6) is 0.0738. The van der Waals surface area contributed by atoms with Crippen molar-refractivity contribution in [3.8, 4) is 0 Å². The fourth-order valence-electron chi connectivity index (χ4n) is 1.91. The Hall–Kier alpha value is -1.80. The first-order valence-corrected chi connectivity index (χ1v) is 9.99. The molecule has 0 radical (unpaired) electrons. The molecule has 140 valence electrons. The highest BCUT2D eigenvalue weighted by Gasteiger charge is 2.24. The molecule has 1 aromatic rings. The molecule has 0 saturated carbocycles. The number of nitrogens with one attached hydrogen (secondary N) is 2. The second-order valence-corrected chi connectivity index (χ2v) is 8.66. The molecule has 0 fully saturated rings. The molecule has 0 aliphatic rings. The van der Waals surface area contributed by atoms with Crippen LogP contribution in [0.4, 0.5) is 4.79 Å². The van der Waals surface area contributed by atoms with Gasteiger partial charge in [0.15, 0.2) is 0 Å². The second kappa shape index (κ2) is 8.53. The number of nitrogens with zero attached hydrogens (tertiary/aromatic N) is 1. The molecule has 0 spiro atoms. The minimum atomic E-state index is -3.58. The number of rotatable bonds is 6. The van der Waals surface area contributed by atoms with Gasteiger partial charge in [-0.3, -0.25) is 15.0 Å². The molecule has 2 N–H and O–H groups in total. The van der Waals surface area contributed by atoms with Gasteiger partial charge in [0, 0.05) is 12.4 Å². The molecule has 0 bridgehead atoms. The number of carbonyl (C=O) groups excluding carboxylic acids is 1. The summed E-state index contributed by atoms with van der Waals surface area (Å²) in [6.07, 6.45) is 0.318. The Morgan fingerprint density at radius 1 is 1.24 bits per heavy atom. The van der Waals surface area contributed by atoms with Crippen molar-refractivity contribution in [2.24, 2.45) is 0 Å². The topological polar surface area (TPSA) is 99.6 Å². The first-order chi connectivity index (χ1) is 11.4. The smallest absolute Gasteiger partial charge is 0.410 e. The molecule has 0 atom stereocenters. The number of carbonyl (C=O) groups is 1. The largest absolute Gasteiger partial charge is 0.444 e. The molecule has 25 heavy (non-hydrogen) atoms. The summed E-state index contributed by atoms with van der Waals surface area (Å²) < 4.78 is 29.9. The third kappa shape index (κ3) is 8.74. The van der Waals surface area contributed by atoms with Crippen molar-refractivity contribution in [2.75, 3.05) is 12.8 Å². The number of halogens is 1. The van der Waals surface area contributed by atoms with Crippen molar-refractivity contribution < 1.29 is 17.9 Å². The van der Waals surface area contributed by atoms with Crippen LogP contribution >= 0.6 is 11.6 Å². The summed E-state index contributed by atoms with van der Waals surface area (Å²) in [5, 5.41) is 7.77. The zero-order valence-corrected chi connectivity index (χ0v) is 16.4. The molecule has 0 unspecified atom stereocenters. The maximum Gasteiger partial charge on any atom is 0.410 e. The molecule has 1 aromatic carbocycles. The van der Waals surface area contributed by atoms with Crippen molar-refractivity contribution in [3.63, 3.8) is 0 Å². The van der Waals surface area contributed by atoms with Crippen LogP contribution in [-0.4, -0.2) is 43.6 Å². The summed E-state index contributed by atoms with van der Waals surface area (Å²) in [7, 11) is -3.58. The lowest BCUT2D eigenvalue weighted by atomic mass is 10.1. The van der Waals surface area contributed by atoms with E-state index in [1.807, 2.05) is 24.3 Å². The van der Waals surface area contributed by atoms with Crippen LogP contribution < -0.4 is 4.72 Å². The van der Waals surface area contributed by atoms with Gasteiger partial charge >= 0.3 is 6.09 Å². The lowest BCUT2D eigenvalue weighted by Gasteiger charge is -2.27. The van der Waals surface area contributed by atoms with Gasteiger partial charge in [-0.05, 0) is 31.9 Å². The number of alkyl halides is 1. The van der Waals surface area contributed by atoms with Gasteiger partial charge in [-0.1, -0.05) is 24.3 Å². The monoisotopic (exact) mass is 389 g/mol. The highest BCUT2D eigenvalue weighted by molar-refractivity contribution is 7.89. The predicted octanol–water partition coefficient (Wildman–Crippen LogP) is 2.69. The van der Waals surface area contributed by atoms with Crippen LogP contribution in [0.2, 0.25) is 0 Å². The van der Waals surface area contributed by atoms with Gasteiger partial charge in [-0.2, -0.15) is 0 Å². The Morgan fingerprint density at radius 3 is 2.20 bits per heavy atom. The van der Waals surface area contributed by atoms with Gasteiger partial charge in [0.05, 0.1) is 12.8 Å². The van der Waals surface area contributed by atoms with E-state index in [9.17, 15) is 13.2 Å². The van der Waals surface area contributed by atoms with Crippen molar-refractivity contribution in [2.45, 2.75) is 38.8 Å². The van der Waals surface area contributed by atoms with Crippen LogP contribution in [0.5, 0.6) is 0 Å². The fraction of sp³-hybridized carbons (Fsp3) is 0.500. The van der Waals surface area contributed by atoms with E-state index in [0.29, 0.717) is 5.88 Å². The first kappa shape index (κ1) is 21.2. The molecular formula is C16H24ClN3O4S. The van der Waals surface area contributed by atoms with Gasteiger partial charge in [0.2, 0.25) is 10.0 Å². The van der Waals surface area contributed by atoms with Gasteiger partial charge in [-0.25, -0.2) is 13.2 Å². The zero-order valence-electron chi connectivity index (χ0n) is 14.8. The van der Waals surface area contributed by atoms with E-state index in [1.54, 1.807) is 20.8 Å². The quantitative estimate of drug-likeness (QED) is 0.443. The third-order valence-electron chi connectivity index (χ3n) is 2.86. The van der Waals surface area contributed by atoms with Crippen LogP contribution in [0.1, 0.15) is 31.9 Å². The molecule has 0 aliphatic carbocycles. The molecule has 0 aromatic heterocycles. The van der Waals surface area contributed by atoms with E-state index in [0.717, 1.165) is 17.4 Å². The molecule has 0 saturated heterocycles. The van der Waals surface area contributed by atoms with Crippen LogP contribution in [0.25, 0.3) is 0 Å². The Bertz CT molecular complexity index is 712. The van der Waals surface area contributed by atoms with Gasteiger partial charge in [0.1, 0.15) is 11.4 Å². The summed E-state index contributed by atoms with van der Waals surface area (Å²) in [4.78, 5) is 13.7. The Labute approximate surface area is 153 Å². The maximum atomic E-state index is 12.4. The number of hydrogen-bond acceptors (Lipinski definition) is 5. The summed E-state index contributed by atoms with van der Waals surface area (Å²) in [6.45, 7) is 5.15. The van der Waals surface area contributed by atoms with E-state index < -0.39 is 21.7 Å². The van der Waals surface area contributed by atoms with E-state index in [2.05, 4.69) is 4.72 Å². The van der Waals surface area contributed by atoms with Crippen LogP contribution in [0.3, 0.4) is 0 Å². The van der Waals surface area contributed by atoms with E-state index >= 15 is 0 Å². The highest BCUT2D eigenvalue weighted by atomic mass is 35.5. The molecule has 1 amide bonds. The van der Waals surface area contributed by atoms with E-state index in [-0.39, 0.29) is 18.9 Å². The summed E-state index contributed by atoms with van der Waals surface area (Å²) >= 11 is 5.76. The average molecular weight is 390 g/mol. The number of benzene rings is 1. The molecular weight excluding hydrogens is 366 g/mol. The zero-order chi connectivity index (χ0) is 19.3. The van der Waals surface area contributed by atoms with Gasteiger partial charge < -0.3 is 4.74 Å². The molecule has 0 heterocycles. The number of hydrogen-bond donors (Lipinski definition) is 2. The van der Waals surface area contributed by atoms with Gasteiger partial charge in [-0.15, -0.1) is 11.6 Å². The predicted molar refractivity (Wildman–Crippen MR) is 98.3 cm³/mol. The van der Waals surface area contributed by atoms with Crippen molar-refractivity contribution in [3.05, 3.63) is 35.4 Å². The average Bonchev–Trinajstić information content (AvgIpc) is 2.43. The normalized spacial score (nSPS) is 11.7. The van der Waals surface area contributed by atoms with E-state index in [4.69, 9.17) is 21.7 Å². The Balaban J connectivity index is 2.93. The van der Waals surface area contributed by atoms with Crippen LogP contribution in [0, 0.1) is 5.41 Å². The summed E-state index contributed by atoms with van der Waals surface area (Å²) in [6, 6.07) is 7.33. The van der Waals surface area contributed by atoms with Crippen molar-refractivity contribution in [1.82, 2.24) is 9.62 Å². The van der Waals surface area contributed by atoms with Crippen LogP contribution in [0.15, 0.2) is 24.3 Å². The first-order valence-electron chi connectivity index (χ1n) is 7.56. The Kier molecular flexibility index (Phi) is 7.25. The molecule has 1 rings (SSSR count). The second-order valence-electron chi connectivity index (χ2n) is 6.64. The fourth-order valence-corrected chi connectivity index (χ4v) is 2.60. The van der Waals surface area contributed by atoms with E-state index in [1.165, 1.54) is 4.90 Å². The SMILES string of the molecule is CC(C)(C)OC(=O)N(CC(=N)NS(C)(=O)=O)Cc1ccc(CCl)cc1. The summed E-state index contributed by atoms with van der Waals surface area (Å²) in [5.41, 5.74) is 1.05. The molecule has 7 nitrogen and oxygen atoms in total. The molecule has 9 heteroatoms. The number of amidine groups is 1. The maximum absolute atomic E-state index is 12.4. The Morgan fingerprint density at radius 2 is 1.76 bits per heavy atom.